The van der Waals surface area contributed by atoms with Crippen LogP contribution in [0.15, 0.2) is 24.5 Å². The fourth-order valence-corrected chi connectivity index (χ4v) is 1.96. The predicted molar refractivity (Wildman–Crippen MR) is 82.0 cm³/mol. The van der Waals surface area contributed by atoms with Crippen LogP contribution in [-0.2, 0) is 11.3 Å². The maximum atomic E-state index is 5.41. The molecule has 0 saturated carbocycles. The second-order valence-corrected chi connectivity index (χ2v) is 4.54. The lowest BCUT2D eigenvalue weighted by atomic mass is 10.2. The van der Waals surface area contributed by atoms with Gasteiger partial charge in [0, 0.05) is 45.2 Å². The Kier molecular flexibility index (Phi) is 8.09. The Morgan fingerprint density at radius 3 is 2.74 bits per heavy atom. The van der Waals surface area contributed by atoms with Gasteiger partial charge in [0.25, 0.3) is 0 Å². The molecule has 0 amide bonds. The zero-order valence-electron chi connectivity index (χ0n) is 11.8. The molecule has 106 valence electrons. The first-order valence-electron chi connectivity index (χ1n) is 6.77. The van der Waals surface area contributed by atoms with Gasteiger partial charge < -0.3 is 15.0 Å². The Balaban J connectivity index is 2.31. The fraction of sp³-hybridized carbons (Fsp3) is 0.571. The second kappa shape index (κ2) is 9.69. The summed E-state index contributed by atoms with van der Waals surface area (Å²) in [4.78, 5) is 6.16. The van der Waals surface area contributed by atoms with E-state index in [-0.39, 0.29) is 0 Å². The van der Waals surface area contributed by atoms with E-state index in [0.29, 0.717) is 0 Å². The van der Waals surface area contributed by atoms with Crippen molar-refractivity contribution in [2.24, 2.45) is 0 Å². The molecule has 19 heavy (non-hydrogen) atoms. The number of nitrogens with one attached hydrogen (secondary N) is 1. The zero-order valence-corrected chi connectivity index (χ0v) is 12.6. The molecule has 0 fully saturated rings. The molecule has 0 radical (unpaired) electrons. The fourth-order valence-electron chi connectivity index (χ4n) is 1.66. The molecule has 0 aliphatic rings. The van der Waals surface area contributed by atoms with Crippen molar-refractivity contribution in [3.8, 4) is 0 Å². The molecule has 1 aromatic heterocycles. The van der Waals surface area contributed by atoms with E-state index in [2.05, 4.69) is 22.1 Å². The molecule has 1 heterocycles. The number of aromatic nitrogens is 1. The highest BCUT2D eigenvalue weighted by Crippen LogP contribution is 2.03. The van der Waals surface area contributed by atoms with E-state index in [4.69, 9.17) is 17.0 Å². The Morgan fingerprint density at radius 1 is 1.37 bits per heavy atom. The van der Waals surface area contributed by atoms with Crippen LogP contribution < -0.4 is 5.32 Å². The number of rotatable bonds is 8. The molecule has 1 N–H and O–H groups in total. The normalized spacial score (nSPS) is 10.2. The Hall–Kier alpha value is -1.20. The van der Waals surface area contributed by atoms with Crippen LogP contribution in [0.3, 0.4) is 0 Å². The summed E-state index contributed by atoms with van der Waals surface area (Å²) < 4.78 is 5.29. The van der Waals surface area contributed by atoms with E-state index >= 15 is 0 Å². The van der Waals surface area contributed by atoms with Gasteiger partial charge in [-0.3, -0.25) is 4.98 Å². The highest BCUT2D eigenvalue weighted by atomic mass is 32.1. The standard InChI is InChI=1S/C14H23N3OS/c1-3-17(12-13-6-9-15-10-7-13)14(19)16-8-5-11-18-4-2/h6-7,9-10H,3-5,8,11-12H2,1-2H3,(H,16,19). The van der Waals surface area contributed by atoms with Gasteiger partial charge in [0.1, 0.15) is 0 Å². The minimum Gasteiger partial charge on any atom is -0.382 e. The average molecular weight is 281 g/mol. The maximum Gasteiger partial charge on any atom is 0.169 e. The van der Waals surface area contributed by atoms with Gasteiger partial charge in [-0.05, 0) is 50.2 Å². The van der Waals surface area contributed by atoms with Gasteiger partial charge >= 0.3 is 0 Å². The quantitative estimate of drug-likeness (QED) is 0.584. The molecular weight excluding hydrogens is 258 g/mol. The van der Waals surface area contributed by atoms with Gasteiger partial charge in [0.05, 0.1) is 0 Å². The van der Waals surface area contributed by atoms with E-state index in [1.54, 1.807) is 0 Å². The first-order valence-corrected chi connectivity index (χ1v) is 7.18. The molecule has 0 spiro atoms. The molecule has 5 heteroatoms. The van der Waals surface area contributed by atoms with Crippen LogP contribution in [0.1, 0.15) is 25.8 Å². The largest absolute Gasteiger partial charge is 0.382 e. The first kappa shape index (κ1) is 15.9. The van der Waals surface area contributed by atoms with Crippen molar-refractivity contribution in [2.75, 3.05) is 26.3 Å². The molecule has 0 atom stereocenters. The second-order valence-electron chi connectivity index (χ2n) is 4.15. The number of thiocarbonyl (C=S) groups is 1. The molecule has 1 rings (SSSR count). The average Bonchev–Trinajstić information content (AvgIpc) is 2.45. The van der Waals surface area contributed by atoms with Gasteiger partial charge in [0.15, 0.2) is 5.11 Å². The Bertz CT molecular complexity index is 359. The predicted octanol–water partition coefficient (Wildman–Crippen LogP) is 2.20. The third kappa shape index (κ3) is 6.50. The van der Waals surface area contributed by atoms with Crippen molar-refractivity contribution in [1.29, 1.82) is 0 Å². The summed E-state index contributed by atoms with van der Waals surface area (Å²) in [5, 5.41) is 4.08. The zero-order chi connectivity index (χ0) is 13.9. The molecular formula is C14H23N3OS. The third-order valence-electron chi connectivity index (χ3n) is 2.74. The van der Waals surface area contributed by atoms with Crippen LogP contribution in [0.5, 0.6) is 0 Å². The number of nitrogens with zero attached hydrogens (tertiary/aromatic N) is 2. The van der Waals surface area contributed by atoms with Crippen LogP contribution in [0.25, 0.3) is 0 Å². The van der Waals surface area contributed by atoms with Crippen LogP contribution in [0.4, 0.5) is 0 Å². The molecule has 0 aliphatic heterocycles. The Labute approximate surface area is 121 Å². The van der Waals surface area contributed by atoms with Gasteiger partial charge in [0.2, 0.25) is 0 Å². The van der Waals surface area contributed by atoms with E-state index in [9.17, 15) is 0 Å². The van der Waals surface area contributed by atoms with Crippen molar-refractivity contribution in [3.05, 3.63) is 30.1 Å². The lowest BCUT2D eigenvalue weighted by Crippen LogP contribution is -2.39. The topological polar surface area (TPSA) is 37.4 Å². The van der Waals surface area contributed by atoms with Crippen LogP contribution in [0, 0.1) is 0 Å². The molecule has 0 saturated heterocycles. The van der Waals surface area contributed by atoms with E-state index in [1.807, 2.05) is 31.5 Å². The monoisotopic (exact) mass is 281 g/mol. The summed E-state index contributed by atoms with van der Waals surface area (Å²) in [6.07, 6.45) is 4.59. The summed E-state index contributed by atoms with van der Waals surface area (Å²) in [7, 11) is 0. The lowest BCUT2D eigenvalue weighted by Gasteiger charge is -2.24. The molecule has 4 nitrogen and oxygen atoms in total. The summed E-state index contributed by atoms with van der Waals surface area (Å²) in [5.41, 5.74) is 1.22. The molecule has 1 aromatic rings. The van der Waals surface area contributed by atoms with Crippen molar-refractivity contribution >= 4 is 17.3 Å². The van der Waals surface area contributed by atoms with Gasteiger partial charge in [-0.15, -0.1) is 0 Å². The molecule has 0 bridgehead atoms. The lowest BCUT2D eigenvalue weighted by molar-refractivity contribution is 0.145. The highest BCUT2D eigenvalue weighted by molar-refractivity contribution is 7.80. The number of pyridine rings is 1. The number of hydrogen-bond donors (Lipinski definition) is 1. The van der Waals surface area contributed by atoms with Gasteiger partial charge in [-0.1, -0.05) is 0 Å². The minimum absolute atomic E-state index is 0.771. The highest BCUT2D eigenvalue weighted by Gasteiger charge is 2.07. The van der Waals surface area contributed by atoms with E-state index < -0.39 is 0 Å². The van der Waals surface area contributed by atoms with E-state index in [1.165, 1.54) is 5.56 Å². The van der Waals surface area contributed by atoms with Crippen molar-refractivity contribution in [2.45, 2.75) is 26.8 Å². The van der Waals surface area contributed by atoms with Gasteiger partial charge in [-0.25, -0.2) is 0 Å². The Morgan fingerprint density at radius 2 is 2.11 bits per heavy atom. The van der Waals surface area contributed by atoms with Crippen LogP contribution in [0.2, 0.25) is 0 Å². The van der Waals surface area contributed by atoms with Crippen LogP contribution >= 0.6 is 12.2 Å². The van der Waals surface area contributed by atoms with Crippen molar-refractivity contribution < 1.29 is 4.74 Å². The number of ether oxygens (including phenoxy) is 1. The molecule has 0 aromatic carbocycles. The minimum atomic E-state index is 0.771. The summed E-state index contributed by atoms with van der Waals surface area (Å²) in [5.74, 6) is 0. The van der Waals surface area contributed by atoms with Crippen molar-refractivity contribution in [3.63, 3.8) is 0 Å². The number of hydrogen-bond acceptors (Lipinski definition) is 3. The third-order valence-corrected chi connectivity index (χ3v) is 3.14. The summed E-state index contributed by atoms with van der Waals surface area (Å²) in [6, 6.07) is 4.03. The van der Waals surface area contributed by atoms with Crippen molar-refractivity contribution in [1.82, 2.24) is 15.2 Å². The first-order chi connectivity index (χ1) is 9.27. The maximum absolute atomic E-state index is 5.41. The van der Waals surface area contributed by atoms with E-state index in [0.717, 1.165) is 44.4 Å². The van der Waals surface area contributed by atoms with Gasteiger partial charge in [-0.2, -0.15) is 0 Å². The molecule has 0 aliphatic carbocycles. The smallest absolute Gasteiger partial charge is 0.169 e. The summed E-state index contributed by atoms with van der Waals surface area (Å²) >= 11 is 5.41. The summed E-state index contributed by atoms with van der Waals surface area (Å²) in [6.45, 7) is 8.22. The van der Waals surface area contributed by atoms with Crippen LogP contribution in [-0.4, -0.2) is 41.3 Å². The SMILES string of the molecule is CCOCCCNC(=S)N(CC)Cc1ccncc1. The molecule has 0 unspecified atom stereocenters.